The number of nitrogens with zero attached hydrogens (tertiary/aromatic N) is 3. The Balaban J connectivity index is 1.53. The van der Waals surface area contributed by atoms with Gasteiger partial charge in [-0.05, 0) is 23.9 Å². The number of carbonyl (C=O) groups excluding carboxylic acids is 2. The topological polar surface area (TPSA) is 43.9 Å². The molecule has 3 heterocycles. The second-order valence-electron chi connectivity index (χ2n) is 6.80. The molecule has 1 saturated heterocycles. The summed E-state index contributed by atoms with van der Waals surface area (Å²) in [6, 6.07) is 14.3. The van der Waals surface area contributed by atoms with E-state index in [0.717, 1.165) is 37.6 Å². The summed E-state index contributed by atoms with van der Waals surface area (Å²) in [6.07, 6.45) is 0. The maximum atomic E-state index is 12.9. The first-order valence-corrected chi connectivity index (χ1v) is 10.2. The van der Waals surface area contributed by atoms with Crippen LogP contribution in [0.1, 0.15) is 17.4 Å². The fourth-order valence-corrected chi connectivity index (χ4v) is 4.52. The first kappa shape index (κ1) is 17.9. The van der Waals surface area contributed by atoms with Gasteiger partial charge in [0.05, 0.1) is 5.57 Å². The van der Waals surface area contributed by atoms with E-state index in [1.807, 2.05) is 30.5 Å². The molecule has 1 aromatic heterocycles. The van der Waals surface area contributed by atoms with Crippen LogP contribution < -0.4 is 0 Å². The van der Waals surface area contributed by atoms with Gasteiger partial charge >= 0.3 is 0 Å². The van der Waals surface area contributed by atoms with E-state index in [1.54, 1.807) is 0 Å². The van der Waals surface area contributed by atoms with Crippen molar-refractivity contribution in [3.63, 3.8) is 0 Å². The standard InChI is InChI=1S/C21H23N3O2S/c1-2-24-20(25)18(17-9-6-14-27-17)19(21(24)26)23-12-10-22(11-13-23)15-16-7-4-3-5-8-16/h3-9,14H,2,10-13,15H2,1H3. The van der Waals surface area contributed by atoms with Gasteiger partial charge in [-0.25, -0.2) is 0 Å². The van der Waals surface area contributed by atoms with Crippen LogP contribution in [0.2, 0.25) is 0 Å². The summed E-state index contributed by atoms with van der Waals surface area (Å²) >= 11 is 1.51. The van der Waals surface area contributed by atoms with Crippen molar-refractivity contribution in [2.24, 2.45) is 0 Å². The summed E-state index contributed by atoms with van der Waals surface area (Å²) in [4.78, 5) is 32.5. The molecule has 2 amide bonds. The predicted molar refractivity (Wildman–Crippen MR) is 107 cm³/mol. The second kappa shape index (κ2) is 7.66. The van der Waals surface area contributed by atoms with Gasteiger partial charge in [-0.15, -0.1) is 11.3 Å². The third kappa shape index (κ3) is 3.42. The van der Waals surface area contributed by atoms with Gasteiger partial charge in [0.25, 0.3) is 11.8 Å². The Morgan fingerprint density at radius 2 is 1.67 bits per heavy atom. The first-order chi connectivity index (χ1) is 13.2. The Hall–Kier alpha value is -2.44. The Kier molecular flexibility index (Phi) is 5.09. The molecule has 0 radical (unpaired) electrons. The summed E-state index contributed by atoms with van der Waals surface area (Å²) in [5.74, 6) is -0.311. The van der Waals surface area contributed by atoms with Crippen molar-refractivity contribution in [3.8, 4) is 0 Å². The van der Waals surface area contributed by atoms with Crippen LogP contribution in [0.15, 0.2) is 53.5 Å². The maximum Gasteiger partial charge on any atom is 0.277 e. The molecule has 0 saturated carbocycles. The molecule has 1 aromatic carbocycles. The number of thiophene rings is 1. The smallest absolute Gasteiger partial charge is 0.277 e. The normalized spacial score (nSPS) is 18.7. The van der Waals surface area contributed by atoms with E-state index in [4.69, 9.17) is 0 Å². The van der Waals surface area contributed by atoms with Gasteiger partial charge in [-0.3, -0.25) is 19.4 Å². The van der Waals surface area contributed by atoms with Gasteiger partial charge in [0.2, 0.25) is 0 Å². The first-order valence-electron chi connectivity index (χ1n) is 9.34. The number of carbonyl (C=O) groups is 2. The molecule has 0 aliphatic carbocycles. The molecule has 0 N–H and O–H groups in total. The van der Waals surface area contributed by atoms with Crippen molar-refractivity contribution >= 4 is 28.7 Å². The molecule has 5 nitrogen and oxygen atoms in total. The number of amides is 2. The van der Waals surface area contributed by atoms with E-state index in [9.17, 15) is 9.59 Å². The zero-order chi connectivity index (χ0) is 18.8. The molecule has 0 atom stereocenters. The Morgan fingerprint density at radius 1 is 0.926 bits per heavy atom. The number of hydrogen-bond donors (Lipinski definition) is 0. The third-order valence-electron chi connectivity index (χ3n) is 5.16. The number of likely N-dealkylation sites (N-methyl/N-ethyl adjacent to an activating group) is 1. The lowest BCUT2D eigenvalue weighted by Crippen LogP contribution is -2.47. The van der Waals surface area contributed by atoms with Gasteiger partial charge in [0.1, 0.15) is 5.70 Å². The molecule has 27 heavy (non-hydrogen) atoms. The summed E-state index contributed by atoms with van der Waals surface area (Å²) in [5, 5.41) is 1.95. The average molecular weight is 382 g/mol. The molecule has 4 rings (SSSR count). The van der Waals surface area contributed by atoms with Crippen LogP contribution in [0.4, 0.5) is 0 Å². The highest BCUT2D eigenvalue weighted by Crippen LogP contribution is 2.34. The van der Waals surface area contributed by atoms with Crippen LogP contribution in [0.5, 0.6) is 0 Å². The van der Waals surface area contributed by atoms with Crippen molar-refractivity contribution < 1.29 is 9.59 Å². The van der Waals surface area contributed by atoms with Crippen LogP contribution in [-0.4, -0.2) is 59.2 Å². The molecule has 6 heteroatoms. The van der Waals surface area contributed by atoms with E-state index in [0.29, 0.717) is 17.8 Å². The average Bonchev–Trinajstić information content (AvgIpc) is 3.29. The Morgan fingerprint density at radius 3 is 2.30 bits per heavy atom. The monoisotopic (exact) mass is 381 g/mol. The number of piperazine rings is 1. The predicted octanol–water partition coefficient (Wildman–Crippen LogP) is 2.67. The number of imide groups is 1. The molecule has 140 valence electrons. The largest absolute Gasteiger partial charge is 0.364 e. The quantitative estimate of drug-likeness (QED) is 0.747. The van der Waals surface area contributed by atoms with Crippen LogP contribution >= 0.6 is 11.3 Å². The zero-order valence-electron chi connectivity index (χ0n) is 15.4. The fourth-order valence-electron chi connectivity index (χ4n) is 3.76. The van der Waals surface area contributed by atoms with E-state index in [2.05, 4.69) is 34.1 Å². The van der Waals surface area contributed by atoms with E-state index in [-0.39, 0.29) is 11.8 Å². The molecular weight excluding hydrogens is 358 g/mol. The zero-order valence-corrected chi connectivity index (χ0v) is 16.2. The SMILES string of the molecule is CCN1C(=O)C(c2cccs2)=C(N2CCN(Cc3ccccc3)CC2)C1=O. The van der Waals surface area contributed by atoms with Crippen LogP contribution in [0.3, 0.4) is 0 Å². The summed E-state index contributed by atoms with van der Waals surface area (Å²) < 4.78 is 0. The van der Waals surface area contributed by atoms with Crippen molar-refractivity contribution in [1.29, 1.82) is 0 Å². The third-order valence-corrected chi connectivity index (χ3v) is 6.05. The van der Waals surface area contributed by atoms with Crippen molar-refractivity contribution in [2.45, 2.75) is 13.5 Å². The molecule has 2 aliphatic heterocycles. The summed E-state index contributed by atoms with van der Waals surface area (Å²) in [6.45, 7) is 6.45. The second-order valence-corrected chi connectivity index (χ2v) is 7.75. The van der Waals surface area contributed by atoms with Crippen molar-refractivity contribution in [2.75, 3.05) is 32.7 Å². The highest BCUT2D eigenvalue weighted by atomic mass is 32.1. The van der Waals surface area contributed by atoms with Crippen LogP contribution in [0, 0.1) is 0 Å². The lowest BCUT2D eigenvalue weighted by molar-refractivity contribution is -0.137. The van der Waals surface area contributed by atoms with E-state index < -0.39 is 0 Å². The minimum atomic E-state index is -0.160. The van der Waals surface area contributed by atoms with Crippen LogP contribution in [-0.2, 0) is 16.1 Å². The summed E-state index contributed by atoms with van der Waals surface area (Å²) in [5.41, 5.74) is 2.46. The minimum Gasteiger partial charge on any atom is -0.364 e. The molecule has 2 aliphatic rings. The van der Waals surface area contributed by atoms with Crippen molar-refractivity contribution in [1.82, 2.24) is 14.7 Å². The molecule has 0 unspecified atom stereocenters. The van der Waals surface area contributed by atoms with Crippen LogP contribution in [0.25, 0.3) is 5.57 Å². The number of hydrogen-bond acceptors (Lipinski definition) is 5. The highest BCUT2D eigenvalue weighted by molar-refractivity contribution is 7.11. The maximum absolute atomic E-state index is 12.9. The highest BCUT2D eigenvalue weighted by Gasteiger charge is 2.41. The van der Waals surface area contributed by atoms with E-state index >= 15 is 0 Å². The lowest BCUT2D eigenvalue weighted by atomic mass is 10.1. The van der Waals surface area contributed by atoms with Gasteiger partial charge in [0, 0.05) is 44.1 Å². The molecular formula is C21H23N3O2S. The van der Waals surface area contributed by atoms with Gasteiger partial charge in [-0.1, -0.05) is 36.4 Å². The van der Waals surface area contributed by atoms with E-state index in [1.165, 1.54) is 21.8 Å². The van der Waals surface area contributed by atoms with Gasteiger partial charge in [0.15, 0.2) is 0 Å². The molecule has 0 bridgehead atoms. The van der Waals surface area contributed by atoms with Gasteiger partial charge < -0.3 is 4.90 Å². The Labute approximate surface area is 163 Å². The Bertz CT molecular complexity index is 853. The van der Waals surface area contributed by atoms with Gasteiger partial charge in [-0.2, -0.15) is 0 Å². The fraction of sp³-hybridized carbons (Fsp3) is 0.333. The summed E-state index contributed by atoms with van der Waals surface area (Å²) in [7, 11) is 0. The number of benzene rings is 1. The lowest BCUT2D eigenvalue weighted by Gasteiger charge is -2.36. The van der Waals surface area contributed by atoms with Crippen molar-refractivity contribution in [3.05, 3.63) is 64.0 Å². The minimum absolute atomic E-state index is 0.151. The molecule has 1 fully saturated rings. The molecule has 0 spiro atoms. The number of rotatable bonds is 5. The molecule has 2 aromatic rings.